The minimum absolute atomic E-state index is 0.0137. The van der Waals surface area contributed by atoms with E-state index in [0.29, 0.717) is 29.4 Å². The number of non-ortho nitro benzene ring substituents is 1. The Labute approximate surface area is 218 Å². The highest BCUT2D eigenvalue weighted by Gasteiger charge is 2.37. The van der Waals surface area contributed by atoms with Gasteiger partial charge in [0.25, 0.3) is 17.5 Å². The maximum Gasteiger partial charge on any atom is 0.335 e. The van der Waals surface area contributed by atoms with Crippen LogP contribution in [0, 0.1) is 24.0 Å². The highest BCUT2D eigenvalue weighted by atomic mass is 16.6. The van der Waals surface area contributed by atoms with Crippen molar-refractivity contribution in [2.45, 2.75) is 27.4 Å². The van der Waals surface area contributed by atoms with Gasteiger partial charge < -0.3 is 9.47 Å². The van der Waals surface area contributed by atoms with Gasteiger partial charge in [0, 0.05) is 12.1 Å². The van der Waals surface area contributed by atoms with E-state index in [0.717, 1.165) is 21.6 Å². The fourth-order valence-corrected chi connectivity index (χ4v) is 3.98. The maximum atomic E-state index is 13.3. The van der Waals surface area contributed by atoms with E-state index < -0.39 is 22.8 Å². The summed E-state index contributed by atoms with van der Waals surface area (Å²) in [6.07, 6.45) is 1.39. The van der Waals surface area contributed by atoms with Crippen molar-refractivity contribution in [1.82, 2.24) is 5.32 Å². The number of nitro benzene ring substituents is 1. The van der Waals surface area contributed by atoms with Crippen molar-refractivity contribution in [1.29, 1.82) is 0 Å². The number of carbonyl (C=O) groups is 3. The largest absolute Gasteiger partial charge is 0.490 e. The zero-order valence-electron chi connectivity index (χ0n) is 21.0. The molecule has 3 aromatic rings. The van der Waals surface area contributed by atoms with E-state index in [1.807, 2.05) is 13.0 Å². The number of barbiturate groups is 1. The van der Waals surface area contributed by atoms with Crippen LogP contribution in [0.1, 0.15) is 29.2 Å². The van der Waals surface area contributed by atoms with Gasteiger partial charge in [0.1, 0.15) is 12.2 Å². The van der Waals surface area contributed by atoms with Gasteiger partial charge >= 0.3 is 6.03 Å². The molecule has 1 saturated heterocycles. The van der Waals surface area contributed by atoms with E-state index in [4.69, 9.17) is 9.47 Å². The van der Waals surface area contributed by atoms with Crippen molar-refractivity contribution in [3.63, 3.8) is 0 Å². The van der Waals surface area contributed by atoms with Crippen LogP contribution in [0.4, 0.5) is 16.2 Å². The van der Waals surface area contributed by atoms with Crippen LogP contribution in [0.2, 0.25) is 0 Å². The number of ether oxygens (including phenoxy) is 2. The first kappa shape index (κ1) is 26.1. The third kappa shape index (κ3) is 5.54. The molecule has 1 aliphatic heterocycles. The fourth-order valence-electron chi connectivity index (χ4n) is 3.98. The number of anilines is 1. The summed E-state index contributed by atoms with van der Waals surface area (Å²) in [6.45, 7) is 5.97. The SMILES string of the molecule is CCOc1cc(/C=C2\C(=O)NC(=O)N(c3ccc(C)cc3C)C2=O)ccc1OCc1ccc([N+](=O)[O-])cc1. The summed E-state index contributed by atoms with van der Waals surface area (Å²) in [6, 6.07) is 15.4. The standard InChI is InChI=1S/C28H25N3O7/c1-4-37-25-15-20(8-12-24(25)38-16-19-6-9-21(10-7-19)31(35)36)14-22-26(32)29-28(34)30(27(22)33)23-11-5-17(2)13-18(23)3/h5-15H,4,16H2,1-3H3,(H,29,32,34)/b22-14+. The molecule has 0 radical (unpaired) electrons. The predicted molar refractivity (Wildman–Crippen MR) is 140 cm³/mol. The summed E-state index contributed by atoms with van der Waals surface area (Å²) in [5.74, 6) is -0.728. The van der Waals surface area contributed by atoms with E-state index in [9.17, 15) is 24.5 Å². The Bertz CT molecular complexity index is 1460. The molecule has 1 N–H and O–H groups in total. The normalized spacial score (nSPS) is 14.4. The second kappa shape index (κ2) is 11.0. The van der Waals surface area contributed by atoms with Crippen LogP contribution in [-0.2, 0) is 16.2 Å². The molecule has 1 fully saturated rings. The lowest BCUT2D eigenvalue weighted by molar-refractivity contribution is -0.384. The van der Waals surface area contributed by atoms with Crippen molar-refractivity contribution in [2.75, 3.05) is 11.5 Å². The molecule has 1 aliphatic rings. The average molecular weight is 516 g/mol. The number of imide groups is 2. The summed E-state index contributed by atoms with van der Waals surface area (Å²) >= 11 is 0. The first-order chi connectivity index (χ1) is 18.2. The van der Waals surface area contributed by atoms with Gasteiger partial charge in [0.05, 0.1) is 17.2 Å². The molecule has 10 nitrogen and oxygen atoms in total. The summed E-state index contributed by atoms with van der Waals surface area (Å²) in [7, 11) is 0. The molecule has 0 atom stereocenters. The van der Waals surface area contributed by atoms with Gasteiger partial charge in [-0.1, -0.05) is 23.8 Å². The molecule has 0 aliphatic carbocycles. The zero-order chi connectivity index (χ0) is 27.4. The maximum absolute atomic E-state index is 13.3. The lowest BCUT2D eigenvalue weighted by Gasteiger charge is -2.27. The first-order valence-electron chi connectivity index (χ1n) is 11.8. The first-order valence-corrected chi connectivity index (χ1v) is 11.8. The van der Waals surface area contributed by atoms with Gasteiger partial charge in [-0.05, 0) is 73.9 Å². The summed E-state index contributed by atoms with van der Waals surface area (Å²) in [5.41, 5.74) is 3.08. The molecule has 0 saturated carbocycles. The van der Waals surface area contributed by atoms with Gasteiger partial charge in [-0.15, -0.1) is 0 Å². The Balaban J connectivity index is 1.59. The molecule has 4 rings (SSSR count). The van der Waals surface area contributed by atoms with Gasteiger partial charge in [-0.25, -0.2) is 9.69 Å². The van der Waals surface area contributed by atoms with Crippen molar-refractivity contribution in [3.05, 3.63) is 98.6 Å². The zero-order valence-corrected chi connectivity index (χ0v) is 21.0. The Kier molecular flexibility index (Phi) is 7.52. The third-order valence-electron chi connectivity index (χ3n) is 5.81. The Morgan fingerprint density at radius 1 is 0.947 bits per heavy atom. The predicted octanol–water partition coefficient (Wildman–Crippen LogP) is 4.86. The van der Waals surface area contributed by atoms with Crippen molar-refractivity contribution in [2.24, 2.45) is 0 Å². The molecule has 0 unspecified atom stereocenters. The summed E-state index contributed by atoms with van der Waals surface area (Å²) in [4.78, 5) is 49.7. The van der Waals surface area contributed by atoms with Gasteiger partial charge in [-0.3, -0.25) is 25.0 Å². The fraction of sp³-hybridized carbons (Fsp3) is 0.179. The van der Waals surface area contributed by atoms with Crippen LogP contribution in [-0.4, -0.2) is 29.4 Å². The monoisotopic (exact) mass is 515 g/mol. The number of hydrogen-bond acceptors (Lipinski definition) is 7. The Hall–Kier alpha value is -4.99. The number of nitro groups is 1. The number of rotatable bonds is 8. The van der Waals surface area contributed by atoms with Gasteiger partial charge in [0.2, 0.25) is 0 Å². The number of nitrogens with one attached hydrogen (secondary N) is 1. The van der Waals surface area contributed by atoms with Crippen molar-refractivity contribution < 1.29 is 28.8 Å². The molecule has 38 heavy (non-hydrogen) atoms. The van der Waals surface area contributed by atoms with Crippen LogP contribution in [0.3, 0.4) is 0 Å². The number of hydrogen-bond donors (Lipinski definition) is 1. The van der Waals surface area contributed by atoms with Crippen LogP contribution in [0.25, 0.3) is 6.08 Å². The highest BCUT2D eigenvalue weighted by Crippen LogP contribution is 2.31. The van der Waals surface area contributed by atoms with E-state index in [2.05, 4.69) is 5.32 Å². The molecular formula is C28H25N3O7. The van der Waals surface area contributed by atoms with E-state index >= 15 is 0 Å². The molecule has 4 amide bonds. The molecular weight excluding hydrogens is 490 g/mol. The Morgan fingerprint density at radius 3 is 2.34 bits per heavy atom. The van der Waals surface area contributed by atoms with E-state index in [-0.39, 0.29) is 17.9 Å². The number of nitrogens with zero attached hydrogens (tertiary/aromatic N) is 2. The molecule has 0 aromatic heterocycles. The van der Waals surface area contributed by atoms with Crippen LogP contribution in [0.5, 0.6) is 11.5 Å². The lowest BCUT2D eigenvalue weighted by Crippen LogP contribution is -2.54. The quantitative estimate of drug-likeness (QED) is 0.196. The number of carbonyl (C=O) groups excluding carboxylic acids is 3. The molecule has 194 valence electrons. The number of benzene rings is 3. The minimum atomic E-state index is -0.811. The highest BCUT2D eigenvalue weighted by molar-refractivity contribution is 6.39. The van der Waals surface area contributed by atoms with Crippen molar-refractivity contribution >= 4 is 35.3 Å². The smallest absolute Gasteiger partial charge is 0.335 e. The van der Waals surface area contributed by atoms with Crippen LogP contribution < -0.4 is 19.7 Å². The summed E-state index contributed by atoms with van der Waals surface area (Å²) < 4.78 is 11.6. The minimum Gasteiger partial charge on any atom is -0.490 e. The molecule has 0 spiro atoms. The third-order valence-corrected chi connectivity index (χ3v) is 5.81. The molecule has 1 heterocycles. The number of urea groups is 1. The molecule has 10 heteroatoms. The van der Waals surface area contributed by atoms with Crippen LogP contribution in [0.15, 0.2) is 66.2 Å². The van der Waals surface area contributed by atoms with Gasteiger partial charge in [-0.2, -0.15) is 0 Å². The van der Waals surface area contributed by atoms with E-state index in [1.165, 1.54) is 18.2 Å². The second-order valence-corrected chi connectivity index (χ2v) is 8.60. The molecule has 3 aromatic carbocycles. The van der Waals surface area contributed by atoms with Crippen molar-refractivity contribution in [3.8, 4) is 11.5 Å². The topological polar surface area (TPSA) is 128 Å². The summed E-state index contributed by atoms with van der Waals surface area (Å²) in [5, 5.41) is 13.1. The van der Waals surface area contributed by atoms with Crippen LogP contribution >= 0.6 is 0 Å². The van der Waals surface area contributed by atoms with Gasteiger partial charge in [0.15, 0.2) is 11.5 Å². The lowest BCUT2D eigenvalue weighted by atomic mass is 10.0. The average Bonchev–Trinajstić information content (AvgIpc) is 2.87. The number of amides is 4. The molecule has 0 bridgehead atoms. The second-order valence-electron chi connectivity index (χ2n) is 8.60. The Morgan fingerprint density at radius 2 is 1.68 bits per heavy atom. The number of aryl methyl sites for hydroxylation is 2. The van der Waals surface area contributed by atoms with E-state index in [1.54, 1.807) is 56.3 Å².